The summed E-state index contributed by atoms with van der Waals surface area (Å²) in [5, 5.41) is 6.33. The molecule has 0 bridgehead atoms. The molecule has 1 fully saturated rings. The topological polar surface area (TPSA) is 45.7 Å². The van der Waals surface area contributed by atoms with E-state index in [1.54, 1.807) is 19.2 Å². The zero-order valence-corrected chi connectivity index (χ0v) is 14.6. The predicted octanol–water partition coefficient (Wildman–Crippen LogP) is 2.68. The van der Waals surface area contributed by atoms with Gasteiger partial charge >= 0.3 is 0 Å². The summed E-state index contributed by atoms with van der Waals surface area (Å²) in [6.45, 7) is 2.11. The van der Waals surface area contributed by atoms with Crippen LogP contribution in [0.4, 0.5) is 4.39 Å². The monoisotopic (exact) mass is 407 g/mol. The van der Waals surface area contributed by atoms with Crippen LogP contribution < -0.4 is 10.6 Å². The number of aliphatic imine (C=N–C) groups is 1. The SMILES string of the molecule is CN=C(NCCC1CCCO1)NCc1ccccc1F.I. The Hall–Kier alpha value is -0.890. The average Bonchev–Trinajstić information content (AvgIpc) is 2.97. The van der Waals surface area contributed by atoms with Crippen molar-refractivity contribution in [1.29, 1.82) is 0 Å². The van der Waals surface area contributed by atoms with Crippen molar-refractivity contribution in [2.75, 3.05) is 20.2 Å². The Balaban J connectivity index is 0.00000220. The molecule has 1 unspecified atom stereocenters. The minimum atomic E-state index is -0.199. The van der Waals surface area contributed by atoms with Crippen molar-refractivity contribution >= 4 is 29.9 Å². The molecular weight excluding hydrogens is 384 g/mol. The first-order chi connectivity index (χ1) is 9.79. The fourth-order valence-electron chi connectivity index (χ4n) is 2.26. The molecule has 2 N–H and O–H groups in total. The van der Waals surface area contributed by atoms with Crippen molar-refractivity contribution in [3.8, 4) is 0 Å². The molecule has 0 saturated carbocycles. The molecule has 0 radical (unpaired) electrons. The minimum absolute atomic E-state index is 0. The van der Waals surface area contributed by atoms with Crippen LogP contribution >= 0.6 is 24.0 Å². The Morgan fingerprint density at radius 1 is 1.38 bits per heavy atom. The van der Waals surface area contributed by atoms with Gasteiger partial charge in [0.15, 0.2) is 5.96 Å². The molecule has 1 aromatic rings. The molecule has 1 aromatic carbocycles. The van der Waals surface area contributed by atoms with Gasteiger partial charge in [-0.25, -0.2) is 4.39 Å². The lowest BCUT2D eigenvalue weighted by Crippen LogP contribution is -2.38. The highest BCUT2D eigenvalue weighted by Gasteiger charge is 2.14. The highest BCUT2D eigenvalue weighted by molar-refractivity contribution is 14.0. The molecule has 0 amide bonds. The first kappa shape index (κ1) is 18.2. The first-order valence-electron chi connectivity index (χ1n) is 7.09. The fraction of sp³-hybridized carbons (Fsp3) is 0.533. The second-order valence-electron chi connectivity index (χ2n) is 4.87. The maximum absolute atomic E-state index is 13.5. The second-order valence-corrected chi connectivity index (χ2v) is 4.87. The van der Waals surface area contributed by atoms with Crippen LogP contribution in [0.25, 0.3) is 0 Å². The molecule has 1 aliphatic heterocycles. The van der Waals surface area contributed by atoms with Gasteiger partial charge in [0, 0.05) is 32.3 Å². The van der Waals surface area contributed by atoms with E-state index in [1.807, 2.05) is 6.07 Å². The lowest BCUT2D eigenvalue weighted by atomic mass is 10.2. The van der Waals surface area contributed by atoms with Crippen molar-refractivity contribution in [2.24, 2.45) is 4.99 Å². The maximum Gasteiger partial charge on any atom is 0.191 e. The smallest absolute Gasteiger partial charge is 0.191 e. The third kappa shape index (κ3) is 6.17. The van der Waals surface area contributed by atoms with Gasteiger partial charge in [0.1, 0.15) is 5.82 Å². The Labute approximate surface area is 142 Å². The van der Waals surface area contributed by atoms with E-state index in [0.717, 1.165) is 32.4 Å². The number of benzene rings is 1. The molecule has 21 heavy (non-hydrogen) atoms. The van der Waals surface area contributed by atoms with Crippen LogP contribution in [0.1, 0.15) is 24.8 Å². The number of rotatable bonds is 5. The van der Waals surface area contributed by atoms with E-state index < -0.39 is 0 Å². The van der Waals surface area contributed by atoms with Gasteiger partial charge in [-0.15, -0.1) is 24.0 Å². The number of hydrogen-bond acceptors (Lipinski definition) is 2. The first-order valence-corrected chi connectivity index (χ1v) is 7.09. The summed E-state index contributed by atoms with van der Waals surface area (Å²) in [5.41, 5.74) is 0.634. The Kier molecular flexibility index (Phi) is 8.60. The molecule has 0 aliphatic carbocycles. The molecule has 0 aromatic heterocycles. The van der Waals surface area contributed by atoms with Gasteiger partial charge in [0.2, 0.25) is 0 Å². The predicted molar refractivity (Wildman–Crippen MR) is 93.6 cm³/mol. The molecule has 6 heteroatoms. The van der Waals surface area contributed by atoms with Gasteiger partial charge in [0.25, 0.3) is 0 Å². The maximum atomic E-state index is 13.5. The number of halogens is 2. The van der Waals surface area contributed by atoms with Crippen LogP contribution in [0.2, 0.25) is 0 Å². The van der Waals surface area contributed by atoms with Crippen molar-refractivity contribution in [2.45, 2.75) is 31.9 Å². The summed E-state index contributed by atoms with van der Waals surface area (Å²) >= 11 is 0. The molecule has 1 saturated heterocycles. The van der Waals surface area contributed by atoms with Crippen LogP contribution in [0.3, 0.4) is 0 Å². The third-order valence-corrected chi connectivity index (χ3v) is 3.41. The van der Waals surface area contributed by atoms with Crippen LogP contribution in [0, 0.1) is 5.82 Å². The van der Waals surface area contributed by atoms with E-state index in [9.17, 15) is 4.39 Å². The van der Waals surface area contributed by atoms with Crippen LogP contribution in [0.15, 0.2) is 29.3 Å². The summed E-state index contributed by atoms with van der Waals surface area (Å²) in [4.78, 5) is 4.13. The largest absolute Gasteiger partial charge is 0.378 e. The van der Waals surface area contributed by atoms with E-state index in [-0.39, 0.29) is 29.8 Å². The van der Waals surface area contributed by atoms with E-state index >= 15 is 0 Å². The quantitative estimate of drug-likeness (QED) is 0.448. The Morgan fingerprint density at radius 2 is 2.19 bits per heavy atom. The van der Waals surface area contributed by atoms with Gasteiger partial charge in [-0.3, -0.25) is 4.99 Å². The zero-order chi connectivity index (χ0) is 14.2. The summed E-state index contributed by atoms with van der Waals surface area (Å²) in [7, 11) is 1.71. The number of nitrogens with one attached hydrogen (secondary N) is 2. The molecular formula is C15H23FIN3O. The Morgan fingerprint density at radius 3 is 2.86 bits per heavy atom. The van der Waals surface area contributed by atoms with E-state index in [0.29, 0.717) is 24.2 Å². The average molecular weight is 407 g/mol. The van der Waals surface area contributed by atoms with E-state index in [4.69, 9.17) is 4.74 Å². The molecule has 1 aliphatic rings. The highest BCUT2D eigenvalue weighted by atomic mass is 127. The van der Waals surface area contributed by atoms with Crippen molar-refractivity contribution in [3.63, 3.8) is 0 Å². The van der Waals surface area contributed by atoms with Gasteiger partial charge in [0.05, 0.1) is 6.10 Å². The second kappa shape index (κ2) is 9.94. The third-order valence-electron chi connectivity index (χ3n) is 3.41. The molecule has 0 spiro atoms. The van der Waals surface area contributed by atoms with E-state index in [2.05, 4.69) is 15.6 Å². The Bertz CT molecular complexity index is 450. The van der Waals surface area contributed by atoms with Crippen LogP contribution in [0.5, 0.6) is 0 Å². The van der Waals surface area contributed by atoms with Crippen LogP contribution in [-0.4, -0.2) is 32.3 Å². The summed E-state index contributed by atoms with van der Waals surface area (Å²) in [6, 6.07) is 6.74. The van der Waals surface area contributed by atoms with Gasteiger partial charge in [-0.2, -0.15) is 0 Å². The van der Waals surface area contributed by atoms with Gasteiger partial charge in [-0.1, -0.05) is 18.2 Å². The molecule has 118 valence electrons. The zero-order valence-electron chi connectivity index (χ0n) is 12.3. The number of hydrogen-bond donors (Lipinski definition) is 2. The number of ether oxygens (including phenoxy) is 1. The van der Waals surface area contributed by atoms with Crippen molar-refractivity contribution in [1.82, 2.24) is 10.6 Å². The highest BCUT2D eigenvalue weighted by Crippen LogP contribution is 2.14. The number of nitrogens with zero attached hydrogens (tertiary/aromatic N) is 1. The molecule has 1 heterocycles. The summed E-state index contributed by atoms with van der Waals surface area (Å²) in [5.74, 6) is 0.487. The van der Waals surface area contributed by atoms with Crippen LogP contribution in [-0.2, 0) is 11.3 Å². The normalized spacial score (nSPS) is 18.2. The van der Waals surface area contributed by atoms with Crippen molar-refractivity contribution in [3.05, 3.63) is 35.6 Å². The lowest BCUT2D eigenvalue weighted by Gasteiger charge is -2.14. The molecule has 1 atom stereocenters. The lowest BCUT2D eigenvalue weighted by molar-refractivity contribution is 0.105. The summed E-state index contributed by atoms with van der Waals surface area (Å²) in [6.07, 6.45) is 3.64. The number of guanidine groups is 1. The summed E-state index contributed by atoms with van der Waals surface area (Å²) < 4.78 is 19.0. The van der Waals surface area contributed by atoms with Gasteiger partial charge in [-0.05, 0) is 25.3 Å². The van der Waals surface area contributed by atoms with Crippen molar-refractivity contribution < 1.29 is 9.13 Å². The fourth-order valence-corrected chi connectivity index (χ4v) is 2.26. The molecule has 4 nitrogen and oxygen atoms in total. The standard InChI is InChI=1S/C15H22FN3O.HI/c1-17-15(18-9-8-13-6-4-10-20-13)19-11-12-5-2-3-7-14(12)16;/h2-3,5,7,13H,4,6,8-11H2,1H3,(H2,17,18,19);1H. The van der Waals surface area contributed by atoms with Gasteiger partial charge < -0.3 is 15.4 Å². The molecule has 2 rings (SSSR count). The minimum Gasteiger partial charge on any atom is -0.378 e. The van der Waals surface area contributed by atoms with E-state index in [1.165, 1.54) is 6.07 Å².